The summed E-state index contributed by atoms with van der Waals surface area (Å²) in [5, 5.41) is 9.45. The Bertz CT molecular complexity index is 629. The molecule has 0 aromatic heterocycles. The molecule has 1 aromatic carbocycles. The Balaban J connectivity index is 1.58. The first kappa shape index (κ1) is 16.5. The smallest absolute Gasteiger partial charge is 0.314 e. The van der Waals surface area contributed by atoms with Gasteiger partial charge in [-0.2, -0.15) is 0 Å². The highest BCUT2D eigenvalue weighted by molar-refractivity contribution is 6.30. The number of fused-ring (bicyclic) bond motifs is 1. The average molecular weight is 346 g/mol. The number of ether oxygens (including phenoxy) is 1. The summed E-state index contributed by atoms with van der Waals surface area (Å²) in [7, 11) is 0. The maximum absolute atomic E-state index is 15.0. The van der Waals surface area contributed by atoms with Gasteiger partial charge in [0.1, 0.15) is 29.3 Å². The summed E-state index contributed by atoms with van der Waals surface area (Å²) in [4.78, 5) is 13.4. The van der Waals surface area contributed by atoms with Crippen LogP contribution in [0.25, 0.3) is 0 Å². The molecule has 1 aromatic rings. The molecule has 3 rings (SSSR count). The molecule has 7 heteroatoms. The van der Waals surface area contributed by atoms with Gasteiger partial charge in [-0.25, -0.2) is 8.78 Å². The van der Waals surface area contributed by atoms with Gasteiger partial charge in [0, 0.05) is 25.7 Å². The third-order valence-electron chi connectivity index (χ3n) is 4.98. The van der Waals surface area contributed by atoms with Crippen molar-refractivity contribution in [1.82, 2.24) is 4.90 Å². The summed E-state index contributed by atoms with van der Waals surface area (Å²) in [6, 6.07) is 4.06. The SMILES string of the molecule is O=C(O)[C@]12CCC[C@@]1(F)CN(CCOc1ccc(F)c(Cl)c1)C2. The number of benzene rings is 1. The fourth-order valence-electron chi connectivity index (χ4n) is 3.76. The van der Waals surface area contributed by atoms with Gasteiger partial charge in [-0.1, -0.05) is 11.6 Å². The highest BCUT2D eigenvalue weighted by Crippen LogP contribution is 2.54. The van der Waals surface area contributed by atoms with E-state index < -0.39 is 22.9 Å². The molecule has 0 bridgehead atoms. The minimum Gasteiger partial charge on any atom is -0.492 e. The van der Waals surface area contributed by atoms with Crippen molar-refractivity contribution >= 4 is 17.6 Å². The maximum Gasteiger partial charge on any atom is 0.314 e. The zero-order chi connectivity index (χ0) is 16.7. The highest BCUT2D eigenvalue weighted by atomic mass is 35.5. The number of halogens is 3. The quantitative estimate of drug-likeness (QED) is 0.890. The van der Waals surface area contributed by atoms with Crippen LogP contribution in [0.5, 0.6) is 5.75 Å². The molecule has 1 saturated carbocycles. The van der Waals surface area contributed by atoms with Gasteiger partial charge in [0.25, 0.3) is 0 Å². The molecule has 0 radical (unpaired) electrons. The van der Waals surface area contributed by atoms with Crippen molar-refractivity contribution in [2.45, 2.75) is 24.9 Å². The summed E-state index contributed by atoms with van der Waals surface area (Å²) in [6.45, 7) is 0.989. The number of hydrogen-bond acceptors (Lipinski definition) is 3. The van der Waals surface area contributed by atoms with Gasteiger partial charge >= 0.3 is 5.97 Å². The summed E-state index contributed by atoms with van der Waals surface area (Å²) in [5.41, 5.74) is -2.94. The van der Waals surface area contributed by atoms with E-state index in [4.69, 9.17) is 16.3 Å². The van der Waals surface area contributed by atoms with E-state index in [0.29, 0.717) is 31.6 Å². The van der Waals surface area contributed by atoms with E-state index in [1.54, 1.807) is 4.90 Å². The van der Waals surface area contributed by atoms with Gasteiger partial charge in [0.15, 0.2) is 0 Å². The number of carboxylic acids is 1. The van der Waals surface area contributed by atoms with Gasteiger partial charge in [-0.15, -0.1) is 0 Å². The number of nitrogens with zero attached hydrogens (tertiary/aromatic N) is 1. The van der Waals surface area contributed by atoms with Crippen LogP contribution < -0.4 is 4.74 Å². The van der Waals surface area contributed by atoms with Crippen LogP contribution in [-0.2, 0) is 4.79 Å². The van der Waals surface area contributed by atoms with Crippen molar-refractivity contribution in [2.75, 3.05) is 26.2 Å². The number of likely N-dealkylation sites (tertiary alicyclic amines) is 1. The minimum absolute atomic E-state index is 0.0225. The molecular formula is C16H18ClF2NO3. The Morgan fingerprint density at radius 1 is 1.39 bits per heavy atom. The fourth-order valence-corrected chi connectivity index (χ4v) is 3.93. The van der Waals surface area contributed by atoms with Crippen LogP contribution in [0.3, 0.4) is 0 Å². The van der Waals surface area contributed by atoms with E-state index in [0.717, 1.165) is 0 Å². The fraction of sp³-hybridized carbons (Fsp3) is 0.562. The lowest BCUT2D eigenvalue weighted by atomic mass is 9.78. The molecule has 2 fully saturated rings. The van der Waals surface area contributed by atoms with Crippen molar-refractivity contribution in [3.8, 4) is 5.75 Å². The Kier molecular flexibility index (Phi) is 4.23. The molecule has 4 nitrogen and oxygen atoms in total. The monoisotopic (exact) mass is 345 g/mol. The van der Waals surface area contributed by atoms with Crippen LogP contribution in [0.1, 0.15) is 19.3 Å². The van der Waals surface area contributed by atoms with Gasteiger partial charge < -0.3 is 9.84 Å². The zero-order valence-corrected chi connectivity index (χ0v) is 13.3. The van der Waals surface area contributed by atoms with Crippen molar-refractivity contribution in [3.63, 3.8) is 0 Å². The second-order valence-corrected chi connectivity index (χ2v) is 6.75. The third-order valence-corrected chi connectivity index (χ3v) is 5.27. The van der Waals surface area contributed by atoms with Crippen LogP contribution in [0.15, 0.2) is 18.2 Å². The summed E-state index contributed by atoms with van der Waals surface area (Å²) in [5.74, 6) is -1.14. The predicted molar refractivity (Wildman–Crippen MR) is 81.1 cm³/mol. The van der Waals surface area contributed by atoms with Gasteiger partial charge in [-0.3, -0.25) is 9.69 Å². The predicted octanol–water partition coefficient (Wildman–Crippen LogP) is 3.14. The normalized spacial score (nSPS) is 30.4. The Hall–Kier alpha value is -1.40. The van der Waals surface area contributed by atoms with Crippen molar-refractivity contribution in [2.24, 2.45) is 5.41 Å². The van der Waals surface area contributed by atoms with E-state index in [2.05, 4.69) is 0 Å². The lowest BCUT2D eigenvalue weighted by Gasteiger charge is -2.28. The van der Waals surface area contributed by atoms with Gasteiger partial charge in [0.2, 0.25) is 0 Å². The number of carboxylic acid groups (broad SMARTS) is 1. The van der Waals surface area contributed by atoms with Crippen molar-refractivity contribution in [3.05, 3.63) is 29.0 Å². The van der Waals surface area contributed by atoms with Crippen LogP contribution in [0.2, 0.25) is 5.02 Å². The first-order valence-corrected chi connectivity index (χ1v) is 7.97. The first-order valence-electron chi connectivity index (χ1n) is 7.59. The molecule has 0 amide bonds. The molecule has 1 heterocycles. The molecule has 1 aliphatic heterocycles. The Labute approximate surface area is 138 Å². The highest BCUT2D eigenvalue weighted by Gasteiger charge is 2.65. The van der Waals surface area contributed by atoms with Crippen LogP contribution in [0.4, 0.5) is 8.78 Å². The lowest BCUT2D eigenvalue weighted by Crippen LogP contribution is -2.45. The molecule has 1 aliphatic carbocycles. The maximum atomic E-state index is 15.0. The number of aliphatic carboxylic acids is 1. The van der Waals surface area contributed by atoms with Crippen LogP contribution in [-0.4, -0.2) is 47.9 Å². The molecule has 0 spiro atoms. The van der Waals surface area contributed by atoms with Crippen molar-refractivity contribution < 1.29 is 23.4 Å². The molecule has 23 heavy (non-hydrogen) atoms. The molecule has 126 valence electrons. The van der Waals surface area contributed by atoms with E-state index in [-0.39, 0.29) is 24.7 Å². The van der Waals surface area contributed by atoms with E-state index in [1.807, 2.05) is 0 Å². The van der Waals surface area contributed by atoms with Gasteiger partial charge in [-0.05, 0) is 31.4 Å². The summed E-state index contributed by atoms with van der Waals surface area (Å²) < 4.78 is 33.5. The lowest BCUT2D eigenvalue weighted by molar-refractivity contribution is -0.153. The van der Waals surface area contributed by atoms with Crippen LogP contribution >= 0.6 is 11.6 Å². The first-order chi connectivity index (χ1) is 10.9. The summed E-state index contributed by atoms with van der Waals surface area (Å²) >= 11 is 5.68. The van der Waals surface area contributed by atoms with Crippen LogP contribution in [0, 0.1) is 11.2 Å². The average Bonchev–Trinajstić information content (AvgIpc) is 2.93. The van der Waals surface area contributed by atoms with E-state index in [9.17, 15) is 18.7 Å². The second-order valence-electron chi connectivity index (χ2n) is 6.34. The number of alkyl halides is 1. The Morgan fingerprint density at radius 3 is 2.83 bits per heavy atom. The van der Waals surface area contributed by atoms with Gasteiger partial charge in [0.05, 0.1) is 5.02 Å². The molecule has 1 N–H and O–H groups in total. The minimum atomic E-state index is -1.65. The molecular weight excluding hydrogens is 328 g/mol. The third kappa shape index (κ3) is 2.78. The summed E-state index contributed by atoms with van der Waals surface area (Å²) in [6.07, 6.45) is 1.29. The van der Waals surface area contributed by atoms with E-state index >= 15 is 0 Å². The number of carbonyl (C=O) groups is 1. The molecule has 2 atom stereocenters. The zero-order valence-electron chi connectivity index (χ0n) is 12.5. The topological polar surface area (TPSA) is 49.8 Å². The van der Waals surface area contributed by atoms with Crippen molar-refractivity contribution in [1.29, 1.82) is 0 Å². The molecule has 2 aliphatic rings. The number of hydrogen-bond donors (Lipinski definition) is 1. The largest absolute Gasteiger partial charge is 0.492 e. The Morgan fingerprint density at radius 2 is 2.17 bits per heavy atom. The molecule has 0 unspecified atom stereocenters. The second kappa shape index (κ2) is 5.91. The molecule has 1 saturated heterocycles. The van der Waals surface area contributed by atoms with E-state index in [1.165, 1.54) is 18.2 Å². The number of rotatable bonds is 5. The standard InChI is InChI=1S/C16H18ClF2NO3/c17-12-8-11(2-3-13(12)18)23-7-6-20-9-15(14(21)22)4-1-5-16(15,19)10-20/h2-3,8H,1,4-7,9-10H2,(H,21,22)/t15-,16-/m1/s1.